The predicted octanol–water partition coefficient (Wildman–Crippen LogP) is 5.47. The number of aryl methyl sites for hydroxylation is 1. The van der Waals surface area contributed by atoms with E-state index in [9.17, 15) is 0 Å². The van der Waals surface area contributed by atoms with Gasteiger partial charge in [-0.15, -0.1) is 11.3 Å². The normalized spacial score (nSPS) is 13.6. The molecule has 0 amide bonds. The fourth-order valence-electron chi connectivity index (χ4n) is 4.30. The summed E-state index contributed by atoms with van der Waals surface area (Å²) in [5.41, 5.74) is 1.32. The van der Waals surface area contributed by atoms with E-state index in [1.807, 2.05) is 17.4 Å². The second-order valence-corrected chi connectivity index (χ2v) is 7.67. The molecule has 0 unspecified atom stereocenters. The summed E-state index contributed by atoms with van der Waals surface area (Å²) in [6, 6.07) is 17.5. The Morgan fingerprint density at radius 2 is 1.58 bits per heavy atom. The van der Waals surface area contributed by atoms with Crippen LogP contribution in [-0.4, -0.2) is 4.57 Å². The first-order valence-corrected chi connectivity index (χ1v) is 9.67. The summed E-state index contributed by atoms with van der Waals surface area (Å²) in [4.78, 5) is 0. The van der Waals surface area contributed by atoms with E-state index >= 15 is 0 Å². The molecule has 0 atom stereocenters. The molecule has 0 bridgehead atoms. The molecule has 26 heavy (non-hydrogen) atoms. The minimum absolute atomic E-state index is 1.25. The van der Waals surface area contributed by atoms with E-state index in [2.05, 4.69) is 85.8 Å². The quantitative estimate of drug-likeness (QED) is 0.377. The number of benzene rings is 3. The summed E-state index contributed by atoms with van der Waals surface area (Å²) in [5.74, 6) is 0. The van der Waals surface area contributed by atoms with Gasteiger partial charge in [0.1, 0.15) is 0 Å². The molecule has 126 valence electrons. The zero-order chi connectivity index (χ0) is 17.8. The lowest BCUT2D eigenvalue weighted by Crippen LogP contribution is -2.27. The van der Waals surface area contributed by atoms with E-state index in [4.69, 9.17) is 0 Å². The van der Waals surface area contributed by atoms with E-state index in [1.54, 1.807) is 0 Å². The third kappa shape index (κ3) is 1.85. The summed E-state index contributed by atoms with van der Waals surface area (Å²) >= 11 is 1.90. The Bertz CT molecular complexity index is 1460. The van der Waals surface area contributed by atoms with Gasteiger partial charge in [-0.2, -0.15) is 0 Å². The van der Waals surface area contributed by atoms with Gasteiger partial charge in [-0.3, -0.25) is 0 Å². The molecular formula is C24H19NS. The largest absolute Gasteiger partial charge is 0.343 e. The molecule has 5 rings (SSSR count). The first kappa shape index (κ1) is 15.4. The molecule has 0 saturated carbocycles. The Morgan fingerprint density at radius 1 is 0.923 bits per heavy atom. The van der Waals surface area contributed by atoms with Crippen molar-refractivity contribution in [3.63, 3.8) is 0 Å². The van der Waals surface area contributed by atoms with Crippen molar-refractivity contribution in [2.24, 2.45) is 7.05 Å². The minimum atomic E-state index is 1.25. The van der Waals surface area contributed by atoms with Gasteiger partial charge in [-0.1, -0.05) is 67.3 Å². The number of nitrogens with zero attached hydrogens (tertiary/aromatic N) is 1. The number of fused-ring (bicyclic) bond motifs is 8. The van der Waals surface area contributed by atoms with Gasteiger partial charge in [0.05, 0.1) is 10.2 Å². The lowest BCUT2D eigenvalue weighted by atomic mass is 9.99. The summed E-state index contributed by atoms with van der Waals surface area (Å²) in [5, 5.41) is 9.21. The molecule has 0 aliphatic rings. The van der Waals surface area contributed by atoms with Crippen molar-refractivity contribution in [3.8, 4) is 0 Å². The molecule has 0 aliphatic carbocycles. The van der Waals surface area contributed by atoms with Crippen LogP contribution in [0, 0.1) is 0 Å². The van der Waals surface area contributed by atoms with Crippen LogP contribution < -0.4 is 10.6 Å². The average Bonchev–Trinajstić information content (AvgIpc) is 3.18. The molecule has 0 aliphatic heterocycles. The second kappa shape index (κ2) is 5.58. The van der Waals surface area contributed by atoms with Crippen LogP contribution >= 0.6 is 11.3 Å². The Kier molecular flexibility index (Phi) is 3.31. The van der Waals surface area contributed by atoms with Crippen LogP contribution in [0.2, 0.25) is 0 Å². The van der Waals surface area contributed by atoms with Crippen molar-refractivity contribution in [1.29, 1.82) is 0 Å². The smallest absolute Gasteiger partial charge is 0.0676 e. The molecule has 0 spiro atoms. The van der Waals surface area contributed by atoms with E-state index in [1.165, 1.54) is 52.4 Å². The van der Waals surface area contributed by atoms with E-state index in [0.29, 0.717) is 0 Å². The molecule has 1 nitrogen and oxygen atoms in total. The van der Waals surface area contributed by atoms with Crippen molar-refractivity contribution in [1.82, 2.24) is 4.57 Å². The number of rotatable bonds is 1. The zero-order valence-corrected chi connectivity index (χ0v) is 15.7. The standard InChI is InChI=1S/C24H19NS/c1-4-10-17-19(5-2)25(3)23-21(17)15-11-6-7-12-16(15)22-18-13-8-9-14-20(18)26-24(22)23/h4-14H,1H2,2-3H3/b17-10+,19-5+. The highest BCUT2D eigenvalue weighted by Crippen LogP contribution is 2.42. The van der Waals surface area contributed by atoms with Crippen LogP contribution in [0.5, 0.6) is 0 Å². The van der Waals surface area contributed by atoms with Gasteiger partial charge < -0.3 is 4.57 Å². The van der Waals surface area contributed by atoms with Gasteiger partial charge in [0.15, 0.2) is 0 Å². The van der Waals surface area contributed by atoms with Gasteiger partial charge in [-0.25, -0.2) is 0 Å². The van der Waals surface area contributed by atoms with Gasteiger partial charge in [-0.05, 0) is 23.8 Å². The molecule has 2 heteroatoms. The van der Waals surface area contributed by atoms with Crippen molar-refractivity contribution < 1.29 is 0 Å². The molecule has 0 N–H and O–H groups in total. The predicted molar refractivity (Wildman–Crippen MR) is 117 cm³/mol. The Labute approximate surface area is 155 Å². The number of hydrogen-bond donors (Lipinski definition) is 0. The van der Waals surface area contributed by atoms with E-state index < -0.39 is 0 Å². The average molecular weight is 353 g/mol. The van der Waals surface area contributed by atoms with Gasteiger partial charge >= 0.3 is 0 Å². The van der Waals surface area contributed by atoms with Crippen LogP contribution in [0.15, 0.2) is 61.2 Å². The molecular weight excluding hydrogens is 334 g/mol. The first-order chi connectivity index (χ1) is 12.8. The topological polar surface area (TPSA) is 4.93 Å². The summed E-state index contributed by atoms with van der Waals surface area (Å²) in [7, 11) is 2.18. The molecule has 5 aromatic rings. The Balaban J connectivity index is 2.29. The van der Waals surface area contributed by atoms with Crippen molar-refractivity contribution in [3.05, 3.63) is 71.8 Å². The molecule has 2 heterocycles. The number of hydrogen-bond acceptors (Lipinski definition) is 1. The van der Waals surface area contributed by atoms with E-state index in [0.717, 1.165) is 0 Å². The van der Waals surface area contributed by atoms with Gasteiger partial charge in [0, 0.05) is 38.5 Å². The lowest BCUT2D eigenvalue weighted by Gasteiger charge is -2.05. The van der Waals surface area contributed by atoms with Crippen LogP contribution in [0.25, 0.3) is 54.0 Å². The third-order valence-corrected chi connectivity index (χ3v) is 6.49. The third-order valence-electron chi connectivity index (χ3n) is 5.31. The highest BCUT2D eigenvalue weighted by molar-refractivity contribution is 7.26. The maximum absolute atomic E-state index is 3.95. The Hall–Kier alpha value is -2.84. The fourth-order valence-corrected chi connectivity index (χ4v) is 5.60. The summed E-state index contributed by atoms with van der Waals surface area (Å²) < 4.78 is 5.06. The molecule has 0 fully saturated rings. The van der Waals surface area contributed by atoms with E-state index in [-0.39, 0.29) is 0 Å². The van der Waals surface area contributed by atoms with Crippen LogP contribution in [-0.2, 0) is 7.05 Å². The summed E-state index contributed by atoms with van der Waals surface area (Å²) in [6.07, 6.45) is 6.23. The maximum atomic E-state index is 3.95. The number of aromatic nitrogens is 1. The van der Waals surface area contributed by atoms with Crippen LogP contribution in [0.1, 0.15) is 6.92 Å². The molecule has 0 radical (unpaired) electrons. The first-order valence-electron chi connectivity index (χ1n) is 8.85. The lowest BCUT2D eigenvalue weighted by molar-refractivity contribution is 0.928. The molecule has 2 aromatic heterocycles. The SMILES string of the molecule is C=C/C=c1\c(=C/C)n(C)c2c3sc4ccccc4c3c3ccccc3c12. The highest BCUT2D eigenvalue weighted by atomic mass is 32.1. The fraction of sp³-hybridized carbons (Fsp3) is 0.0833. The Morgan fingerprint density at radius 3 is 2.27 bits per heavy atom. The highest BCUT2D eigenvalue weighted by Gasteiger charge is 2.17. The van der Waals surface area contributed by atoms with Crippen LogP contribution in [0.4, 0.5) is 0 Å². The van der Waals surface area contributed by atoms with Crippen molar-refractivity contribution in [2.75, 3.05) is 0 Å². The number of allylic oxidation sites excluding steroid dienone is 1. The van der Waals surface area contributed by atoms with Gasteiger partial charge in [0.2, 0.25) is 0 Å². The monoisotopic (exact) mass is 353 g/mol. The second-order valence-electron chi connectivity index (χ2n) is 6.62. The zero-order valence-electron chi connectivity index (χ0n) is 14.9. The summed E-state index contributed by atoms with van der Waals surface area (Å²) in [6.45, 7) is 6.06. The minimum Gasteiger partial charge on any atom is -0.343 e. The van der Waals surface area contributed by atoms with Gasteiger partial charge in [0.25, 0.3) is 0 Å². The van der Waals surface area contributed by atoms with Crippen LogP contribution in [0.3, 0.4) is 0 Å². The number of thiophene rings is 1. The van der Waals surface area contributed by atoms with Crippen molar-refractivity contribution >= 4 is 65.3 Å². The molecule has 0 saturated heterocycles. The molecule has 3 aromatic carbocycles. The maximum Gasteiger partial charge on any atom is 0.0676 e. The van der Waals surface area contributed by atoms with Crippen molar-refractivity contribution in [2.45, 2.75) is 6.92 Å².